The van der Waals surface area contributed by atoms with Crippen molar-refractivity contribution in [2.45, 2.75) is 26.2 Å². The summed E-state index contributed by atoms with van der Waals surface area (Å²) in [6.07, 6.45) is 2.65. The summed E-state index contributed by atoms with van der Waals surface area (Å²) in [7, 11) is 0. The molecule has 0 bridgehead atoms. The first kappa shape index (κ1) is 18.6. The molecule has 29 heavy (non-hydrogen) atoms. The van der Waals surface area contributed by atoms with Gasteiger partial charge in [-0.1, -0.05) is 6.07 Å². The minimum atomic E-state index is 0.248. The number of nitrogens with zero attached hydrogens (tertiary/aromatic N) is 2. The molecule has 3 aliphatic heterocycles. The molecular formula is C24H28N2O3. The lowest BCUT2D eigenvalue weighted by molar-refractivity contribution is -0.117. The Bertz CT molecular complexity index is 934. The normalized spacial score (nSPS) is 18.8. The summed E-state index contributed by atoms with van der Waals surface area (Å²) >= 11 is 0. The van der Waals surface area contributed by atoms with E-state index >= 15 is 0 Å². The Labute approximate surface area is 172 Å². The van der Waals surface area contributed by atoms with Gasteiger partial charge in [0.2, 0.25) is 5.91 Å². The fraction of sp³-hybridized carbons (Fsp3) is 0.458. The van der Waals surface area contributed by atoms with Gasteiger partial charge in [-0.2, -0.15) is 0 Å². The number of amides is 1. The highest BCUT2D eigenvalue weighted by molar-refractivity contribution is 6.03. The third-order valence-electron chi connectivity index (χ3n) is 6.29. The second kappa shape index (κ2) is 7.81. The summed E-state index contributed by atoms with van der Waals surface area (Å²) in [5.74, 6) is 1.20. The van der Waals surface area contributed by atoms with Gasteiger partial charge in [-0.3, -0.25) is 9.69 Å². The number of benzene rings is 2. The van der Waals surface area contributed by atoms with Gasteiger partial charge in [0.05, 0.1) is 25.3 Å². The number of hydrogen-bond donors (Lipinski definition) is 0. The van der Waals surface area contributed by atoms with Gasteiger partial charge >= 0.3 is 0 Å². The molecule has 1 saturated heterocycles. The number of carbonyl (C=O) groups is 1. The topological polar surface area (TPSA) is 42.0 Å². The predicted molar refractivity (Wildman–Crippen MR) is 114 cm³/mol. The second-order valence-electron chi connectivity index (χ2n) is 8.25. The minimum absolute atomic E-state index is 0.248. The van der Waals surface area contributed by atoms with E-state index in [1.165, 1.54) is 27.9 Å². The van der Waals surface area contributed by atoms with Crippen LogP contribution in [0.4, 0.5) is 5.69 Å². The van der Waals surface area contributed by atoms with E-state index in [2.05, 4.69) is 42.2 Å². The van der Waals surface area contributed by atoms with Crippen LogP contribution in [0.5, 0.6) is 5.75 Å². The molecule has 5 heteroatoms. The lowest BCUT2D eigenvalue weighted by Gasteiger charge is -2.26. The van der Waals surface area contributed by atoms with Gasteiger partial charge in [0.1, 0.15) is 12.4 Å². The van der Waals surface area contributed by atoms with Crippen molar-refractivity contribution in [2.75, 3.05) is 50.9 Å². The van der Waals surface area contributed by atoms with Crippen molar-refractivity contribution < 1.29 is 14.3 Å². The molecule has 2 aromatic rings. The molecule has 0 aliphatic carbocycles. The Morgan fingerprint density at radius 3 is 2.69 bits per heavy atom. The number of ether oxygens (including phenoxy) is 2. The highest BCUT2D eigenvalue weighted by Gasteiger charge is 2.32. The Hall–Kier alpha value is -2.37. The van der Waals surface area contributed by atoms with Gasteiger partial charge in [-0.15, -0.1) is 0 Å². The summed E-state index contributed by atoms with van der Waals surface area (Å²) in [6, 6.07) is 10.9. The van der Waals surface area contributed by atoms with Crippen LogP contribution in [-0.2, 0) is 22.4 Å². The molecule has 0 atom stereocenters. The standard InChI is InChI=1S/C24H28N2O3/c1-17-13-18(4-5-22(17)29-12-9-25-7-10-28-11-8-25)20-14-19-3-2-6-26-23(27)16-21(15-20)24(19)26/h4-5,13-15H,2-3,6-12,16H2,1H3. The fourth-order valence-corrected chi connectivity index (χ4v) is 4.75. The molecule has 0 aromatic heterocycles. The van der Waals surface area contributed by atoms with E-state index in [1.54, 1.807) is 0 Å². The van der Waals surface area contributed by atoms with Gasteiger partial charge < -0.3 is 14.4 Å². The molecule has 3 heterocycles. The van der Waals surface area contributed by atoms with Crippen molar-refractivity contribution >= 4 is 11.6 Å². The first-order chi connectivity index (χ1) is 14.2. The van der Waals surface area contributed by atoms with E-state index in [1.807, 2.05) is 4.90 Å². The third kappa shape index (κ3) is 3.65. The molecule has 3 aliphatic rings. The molecule has 5 nitrogen and oxygen atoms in total. The lowest BCUT2D eigenvalue weighted by atomic mass is 9.93. The molecular weight excluding hydrogens is 364 g/mol. The van der Waals surface area contributed by atoms with Crippen LogP contribution < -0.4 is 9.64 Å². The molecule has 0 unspecified atom stereocenters. The highest BCUT2D eigenvalue weighted by atomic mass is 16.5. The zero-order valence-electron chi connectivity index (χ0n) is 17.1. The van der Waals surface area contributed by atoms with E-state index in [-0.39, 0.29) is 5.91 Å². The Morgan fingerprint density at radius 2 is 1.86 bits per heavy atom. The van der Waals surface area contributed by atoms with Crippen molar-refractivity contribution in [1.82, 2.24) is 4.90 Å². The summed E-state index contributed by atoms with van der Waals surface area (Å²) in [5, 5.41) is 0. The van der Waals surface area contributed by atoms with Gasteiger partial charge in [0.25, 0.3) is 0 Å². The number of morpholine rings is 1. The van der Waals surface area contributed by atoms with Crippen LogP contribution in [0.25, 0.3) is 11.1 Å². The van der Waals surface area contributed by atoms with Crippen molar-refractivity contribution in [3.63, 3.8) is 0 Å². The smallest absolute Gasteiger partial charge is 0.231 e. The minimum Gasteiger partial charge on any atom is -0.492 e. The number of aryl methyl sites for hydroxylation is 2. The average molecular weight is 392 g/mol. The SMILES string of the molecule is Cc1cc(-c2cc3c4c(c2)CC(=O)N4CCC3)ccc1OCCN1CCOCC1. The quantitative estimate of drug-likeness (QED) is 0.784. The number of anilines is 1. The molecule has 1 fully saturated rings. The fourth-order valence-electron chi connectivity index (χ4n) is 4.75. The van der Waals surface area contributed by atoms with Crippen LogP contribution in [0.15, 0.2) is 30.3 Å². The van der Waals surface area contributed by atoms with Gasteiger partial charge in [0, 0.05) is 26.2 Å². The van der Waals surface area contributed by atoms with E-state index in [4.69, 9.17) is 9.47 Å². The summed E-state index contributed by atoms with van der Waals surface area (Å²) < 4.78 is 11.4. The first-order valence-corrected chi connectivity index (χ1v) is 10.7. The number of hydrogen-bond acceptors (Lipinski definition) is 4. The molecule has 0 saturated carbocycles. The van der Waals surface area contributed by atoms with Crippen LogP contribution in [0.3, 0.4) is 0 Å². The number of carbonyl (C=O) groups excluding carboxylic acids is 1. The maximum atomic E-state index is 12.3. The summed E-state index contributed by atoms with van der Waals surface area (Å²) in [6.45, 7) is 8.22. The van der Waals surface area contributed by atoms with E-state index in [9.17, 15) is 4.79 Å². The van der Waals surface area contributed by atoms with Crippen molar-refractivity contribution in [1.29, 1.82) is 0 Å². The average Bonchev–Trinajstić information content (AvgIpc) is 3.07. The first-order valence-electron chi connectivity index (χ1n) is 10.7. The largest absolute Gasteiger partial charge is 0.492 e. The lowest BCUT2D eigenvalue weighted by Crippen LogP contribution is -2.38. The molecule has 2 aromatic carbocycles. The zero-order valence-corrected chi connectivity index (χ0v) is 17.1. The van der Waals surface area contributed by atoms with Crippen LogP contribution in [-0.4, -0.2) is 56.8 Å². The Balaban J connectivity index is 1.32. The van der Waals surface area contributed by atoms with Crippen LogP contribution >= 0.6 is 0 Å². The van der Waals surface area contributed by atoms with Crippen molar-refractivity contribution in [3.8, 4) is 16.9 Å². The van der Waals surface area contributed by atoms with Crippen LogP contribution in [0.2, 0.25) is 0 Å². The van der Waals surface area contributed by atoms with Gasteiger partial charge in [0.15, 0.2) is 0 Å². The molecule has 152 valence electrons. The molecule has 1 amide bonds. The van der Waals surface area contributed by atoms with Crippen LogP contribution in [0.1, 0.15) is 23.1 Å². The van der Waals surface area contributed by atoms with Crippen molar-refractivity contribution in [3.05, 3.63) is 47.0 Å². The monoisotopic (exact) mass is 392 g/mol. The van der Waals surface area contributed by atoms with Crippen molar-refractivity contribution in [2.24, 2.45) is 0 Å². The molecule has 0 radical (unpaired) electrons. The van der Waals surface area contributed by atoms with Gasteiger partial charge in [-0.25, -0.2) is 0 Å². The molecule has 5 rings (SSSR count). The third-order valence-corrected chi connectivity index (χ3v) is 6.29. The predicted octanol–water partition coefficient (Wildman–Crippen LogP) is 3.21. The maximum Gasteiger partial charge on any atom is 0.231 e. The second-order valence-corrected chi connectivity index (χ2v) is 8.25. The van der Waals surface area contributed by atoms with Gasteiger partial charge in [-0.05, 0) is 71.8 Å². The van der Waals surface area contributed by atoms with Crippen LogP contribution in [0, 0.1) is 6.92 Å². The summed E-state index contributed by atoms with van der Waals surface area (Å²) in [4.78, 5) is 16.7. The number of rotatable bonds is 5. The van der Waals surface area contributed by atoms with E-state index in [0.717, 1.165) is 63.5 Å². The van der Waals surface area contributed by atoms with E-state index < -0.39 is 0 Å². The summed E-state index contributed by atoms with van der Waals surface area (Å²) in [5.41, 5.74) is 7.24. The van der Waals surface area contributed by atoms with E-state index in [0.29, 0.717) is 13.0 Å². The Morgan fingerprint density at radius 1 is 1.03 bits per heavy atom. The molecule has 0 spiro atoms. The maximum absolute atomic E-state index is 12.3. The zero-order chi connectivity index (χ0) is 19.8. The Kier molecular flexibility index (Phi) is 5.02. The molecule has 0 N–H and O–H groups in total. The highest BCUT2D eigenvalue weighted by Crippen LogP contribution is 2.40.